The zero-order valence-corrected chi connectivity index (χ0v) is 21.4. The lowest BCUT2D eigenvalue weighted by atomic mass is 10.2. The minimum absolute atomic E-state index is 0.0706. The molecule has 1 amide bonds. The summed E-state index contributed by atoms with van der Waals surface area (Å²) in [6, 6.07) is 19.5. The number of ether oxygens (including phenoxy) is 3. The van der Waals surface area contributed by atoms with E-state index >= 15 is 0 Å². The lowest BCUT2D eigenvalue weighted by molar-refractivity contribution is -0.121. The molecule has 0 aliphatic rings. The summed E-state index contributed by atoms with van der Waals surface area (Å²) in [5.41, 5.74) is 4.71. The van der Waals surface area contributed by atoms with Crippen LogP contribution >= 0.6 is 0 Å². The number of benzene rings is 3. The number of nitrogens with zero attached hydrogens (tertiary/aromatic N) is 2. The predicted octanol–water partition coefficient (Wildman–Crippen LogP) is 3.36. The normalized spacial score (nSPS) is 11.5. The van der Waals surface area contributed by atoms with Gasteiger partial charge in [-0.25, -0.2) is 13.8 Å². The molecule has 3 rings (SSSR count). The van der Waals surface area contributed by atoms with Gasteiger partial charge in [-0.2, -0.15) is 9.41 Å². The Labute approximate surface area is 211 Å². The van der Waals surface area contributed by atoms with E-state index in [2.05, 4.69) is 10.5 Å². The van der Waals surface area contributed by atoms with E-state index in [0.29, 0.717) is 35.0 Å². The molecule has 0 aliphatic carbocycles. The van der Waals surface area contributed by atoms with Gasteiger partial charge < -0.3 is 14.2 Å². The summed E-state index contributed by atoms with van der Waals surface area (Å²) in [7, 11) is 0.514. The number of carbonyl (C=O) groups excluding carboxylic acids is 1. The molecule has 0 radical (unpaired) electrons. The molecule has 0 saturated heterocycles. The number of carbonyl (C=O) groups is 1. The molecule has 0 saturated carbocycles. The fourth-order valence-corrected chi connectivity index (χ4v) is 4.52. The van der Waals surface area contributed by atoms with Crippen molar-refractivity contribution >= 4 is 22.1 Å². The number of nitrogens with one attached hydrogen (secondary N) is 1. The van der Waals surface area contributed by atoms with Gasteiger partial charge in [0.2, 0.25) is 10.0 Å². The van der Waals surface area contributed by atoms with Gasteiger partial charge in [-0.1, -0.05) is 30.3 Å². The van der Waals surface area contributed by atoms with Crippen LogP contribution in [0.2, 0.25) is 0 Å². The number of hydrazone groups is 1. The fourth-order valence-electron chi connectivity index (χ4n) is 3.31. The Morgan fingerprint density at radius 3 is 2.33 bits per heavy atom. The number of aryl methyl sites for hydroxylation is 1. The Bertz CT molecular complexity index is 1330. The van der Waals surface area contributed by atoms with E-state index in [1.165, 1.54) is 39.6 Å². The summed E-state index contributed by atoms with van der Waals surface area (Å²) < 4.78 is 43.0. The topological polar surface area (TPSA) is 107 Å². The van der Waals surface area contributed by atoms with Gasteiger partial charge in [0.1, 0.15) is 12.4 Å². The first-order valence-corrected chi connectivity index (χ1v) is 12.5. The standard InChI is InChI=1S/C26H29N3O6S/c1-19-14-22(11-13-23(19)33-3)36(31,32)29(2)17-26(30)28-27-16-21-10-12-24(25(15-21)34-4)35-18-20-8-6-5-7-9-20/h5-16H,17-18H2,1-4H3,(H,28,30)/b27-16+. The molecule has 0 heterocycles. The molecular formula is C26H29N3O6S. The maximum atomic E-state index is 12.8. The molecule has 1 N–H and O–H groups in total. The summed E-state index contributed by atoms with van der Waals surface area (Å²) in [5.74, 6) is 1.08. The van der Waals surface area contributed by atoms with E-state index in [-0.39, 0.29) is 4.90 Å². The quantitative estimate of drug-likeness (QED) is 0.313. The zero-order chi connectivity index (χ0) is 26.1. The average molecular weight is 512 g/mol. The lowest BCUT2D eigenvalue weighted by Crippen LogP contribution is -2.36. The second kappa shape index (κ2) is 12.2. The van der Waals surface area contributed by atoms with Gasteiger partial charge in [0.15, 0.2) is 11.5 Å². The maximum absolute atomic E-state index is 12.8. The molecule has 0 fully saturated rings. The van der Waals surface area contributed by atoms with E-state index in [1.54, 1.807) is 31.2 Å². The molecule has 0 aliphatic heterocycles. The number of methoxy groups -OCH3 is 2. The van der Waals surface area contributed by atoms with Crippen LogP contribution in [0.25, 0.3) is 0 Å². The SMILES string of the molecule is COc1ccc(S(=O)(=O)N(C)CC(=O)N/N=C/c2ccc(OCc3ccccc3)c(OC)c2)cc1C. The first kappa shape index (κ1) is 26.7. The lowest BCUT2D eigenvalue weighted by Gasteiger charge is -2.17. The molecule has 36 heavy (non-hydrogen) atoms. The fraction of sp³-hybridized carbons (Fsp3) is 0.231. The van der Waals surface area contributed by atoms with E-state index in [4.69, 9.17) is 14.2 Å². The highest BCUT2D eigenvalue weighted by Crippen LogP contribution is 2.28. The second-order valence-electron chi connectivity index (χ2n) is 7.87. The largest absolute Gasteiger partial charge is 0.496 e. The summed E-state index contributed by atoms with van der Waals surface area (Å²) >= 11 is 0. The van der Waals surface area contributed by atoms with Gasteiger partial charge in [0.05, 0.1) is 31.9 Å². The highest BCUT2D eigenvalue weighted by atomic mass is 32.2. The van der Waals surface area contributed by atoms with Crippen LogP contribution in [-0.2, 0) is 21.4 Å². The number of rotatable bonds is 11. The van der Waals surface area contributed by atoms with E-state index in [9.17, 15) is 13.2 Å². The molecule has 9 nitrogen and oxygen atoms in total. The molecule has 0 atom stereocenters. The third kappa shape index (κ3) is 6.83. The van der Waals surface area contributed by atoms with Crippen molar-refractivity contribution in [1.82, 2.24) is 9.73 Å². The van der Waals surface area contributed by atoms with Crippen LogP contribution in [0.5, 0.6) is 17.2 Å². The van der Waals surface area contributed by atoms with Gasteiger partial charge in [-0.3, -0.25) is 4.79 Å². The summed E-state index contributed by atoms with van der Waals surface area (Å²) in [4.78, 5) is 12.4. The van der Waals surface area contributed by atoms with Gasteiger partial charge in [0, 0.05) is 7.05 Å². The second-order valence-corrected chi connectivity index (χ2v) is 9.92. The van der Waals surface area contributed by atoms with Crippen LogP contribution < -0.4 is 19.6 Å². The third-order valence-corrected chi connectivity index (χ3v) is 7.07. The van der Waals surface area contributed by atoms with Crippen molar-refractivity contribution in [3.05, 3.63) is 83.4 Å². The van der Waals surface area contributed by atoms with Crippen molar-refractivity contribution in [1.29, 1.82) is 0 Å². The number of amides is 1. The summed E-state index contributed by atoms with van der Waals surface area (Å²) in [6.45, 7) is 1.74. The minimum atomic E-state index is -3.86. The number of hydrogen-bond acceptors (Lipinski definition) is 7. The van der Waals surface area contributed by atoms with Crippen LogP contribution in [0.1, 0.15) is 16.7 Å². The summed E-state index contributed by atoms with van der Waals surface area (Å²) in [5, 5.41) is 3.93. The number of sulfonamides is 1. The Morgan fingerprint density at radius 1 is 0.972 bits per heavy atom. The molecule has 3 aromatic carbocycles. The maximum Gasteiger partial charge on any atom is 0.255 e. The van der Waals surface area contributed by atoms with E-state index in [1.807, 2.05) is 30.3 Å². The molecule has 0 bridgehead atoms. The van der Waals surface area contributed by atoms with Gasteiger partial charge in [-0.05, 0) is 60.0 Å². The summed E-state index contributed by atoms with van der Waals surface area (Å²) in [6.07, 6.45) is 1.43. The molecule has 190 valence electrons. The number of hydrogen-bond donors (Lipinski definition) is 1. The smallest absolute Gasteiger partial charge is 0.255 e. The monoisotopic (exact) mass is 511 g/mol. The van der Waals surface area contributed by atoms with Crippen LogP contribution in [0.3, 0.4) is 0 Å². The minimum Gasteiger partial charge on any atom is -0.496 e. The molecule has 3 aromatic rings. The Balaban J connectivity index is 1.58. The molecular weight excluding hydrogens is 482 g/mol. The number of likely N-dealkylation sites (N-methyl/N-ethyl adjacent to an activating group) is 1. The van der Waals surface area contributed by atoms with Crippen LogP contribution in [0, 0.1) is 6.92 Å². The molecule has 0 spiro atoms. The van der Waals surface area contributed by atoms with Crippen LogP contribution in [-0.4, -0.2) is 52.7 Å². The highest BCUT2D eigenvalue weighted by Gasteiger charge is 2.23. The Kier molecular flexibility index (Phi) is 9.04. The average Bonchev–Trinajstić information content (AvgIpc) is 2.88. The van der Waals surface area contributed by atoms with Gasteiger partial charge in [-0.15, -0.1) is 0 Å². The van der Waals surface area contributed by atoms with Crippen molar-refractivity contribution in [2.75, 3.05) is 27.8 Å². The third-order valence-electron chi connectivity index (χ3n) is 5.27. The van der Waals surface area contributed by atoms with Crippen molar-refractivity contribution < 1.29 is 27.4 Å². The first-order valence-electron chi connectivity index (χ1n) is 11.0. The first-order chi connectivity index (χ1) is 17.2. The molecule has 0 unspecified atom stereocenters. The Hall–Kier alpha value is -3.89. The van der Waals surface area contributed by atoms with Gasteiger partial charge in [0.25, 0.3) is 5.91 Å². The van der Waals surface area contributed by atoms with Crippen molar-refractivity contribution in [2.24, 2.45) is 5.10 Å². The van der Waals surface area contributed by atoms with Crippen LogP contribution in [0.4, 0.5) is 0 Å². The molecule has 10 heteroatoms. The Morgan fingerprint density at radius 2 is 1.67 bits per heavy atom. The predicted molar refractivity (Wildman–Crippen MR) is 137 cm³/mol. The van der Waals surface area contributed by atoms with E-state index in [0.717, 1.165) is 9.87 Å². The zero-order valence-electron chi connectivity index (χ0n) is 20.6. The van der Waals surface area contributed by atoms with E-state index < -0.39 is 22.5 Å². The molecule has 0 aromatic heterocycles. The van der Waals surface area contributed by atoms with Crippen molar-refractivity contribution in [3.8, 4) is 17.2 Å². The van der Waals surface area contributed by atoms with Gasteiger partial charge >= 0.3 is 0 Å². The highest BCUT2D eigenvalue weighted by molar-refractivity contribution is 7.89. The van der Waals surface area contributed by atoms with Crippen LogP contribution in [0.15, 0.2) is 76.7 Å². The van der Waals surface area contributed by atoms with Crippen molar-refractivity contribution in [2.45, 2.75) is 18.4 Å². The van der Waals surface area contributed by atoms with Crippen molar-refractivity contribution in [3.63, 3.8) is 0 Å².